The zero-order valence-corrected chi connectivity index (χ0v) is 10.4. The maximum absolute atomic E-state index is 11.6. The average molecular weight is 240 g/mol. The Morgan fingerprint density at radius 1 is 1.69 bits per heavy atom. The van der Waals surface area contributed by atoms with E-state index in [1.165, 1.54) is 0 Å². The summed E-state index contributed by atoms with van der Waals surface area (Å²) < 4.78 is 7.40. The Bertz CT molecular complexity index is 419. The van der Waals surface area contributed by atoms with Gasteiger partial charge in [0.15, 0.2) is 0 Å². The van der Waals surface area contributed by atoms with Crippen LogP contribution in [0.25, 0.3) is 0 Å². The first-order chi connectivity index (χ1) is 7.69. The molecule has 1 saturated heterocycles. The van der Waals surface area contributed by atoms with Crippen LogP contribution in [0.1, 0.15) is 19.0 Å². The molecule has 1 aromatic rings. The van der Waals surface area contributed by atoms with E-state index in [-0.39, 0.29) is 11.8 Å². The first kappa shape index (κ1) is 11.7. The lowest BCUT2D eigenvalue weighted by atomic mass is 10.3. The third kappa shape index (κ3) is 2.65. The molecule has 1 aliphatic heterocycles. The molecule has 0 aromatic carbocycles. The van der Waals surface area contributed by atoms with Crippen molar-refractivity contribution in [3.63, 3.8) is 0 Å². The van der Waals surface area contributed by atoms with Gasteiger partial charge in [0.05, 0.1) is 12.6 Å². The van der Waals surface area contributed by atoms with E-state index in [1.54, 1.807) is 10.8 Å². The van der Waals surface area contributed by atoms with Crippen molar-refractivity contribution in [1.82, 2.24) is 9.55 Å². The van der Waals surface area contributed by atoms with Gasteiger partial charge < -0.3 is 4.74 Å². The summed E-state index contributed by atoms with van der Waals surface area (Å²) >= 11 is 1.82. The molecule has 4 nitrogen and oxygen atoms in total. The van der Waals surface area contributed by atoms with E-state index in [4.69, 9.17) is 4.74 Å². The van der Waals surface area contributed by atoms with Gasteiger partial charge in [0.25, 0.3) is 0 Å². The van der Waals surface area contributed by atoms with Crippen LogP contribution in [0.4, 0.5) is 0 Å². The number of hydrogen-bond donors (Lipinski definition) is 0. The molecule has 0 N–H and O–H groups in total. The molecule has 0 radical (unpaired) electrons. The minimum atomic E-state index is -0.187. The molecule has 2 rings (SSSR count). The van der Waals surface area contributed by atoms with Crippen molar-refractivity contribution < 1.29 is 4.74 Å². The zero-order chi connectivity index (χ0) is 11.5. The minimum absolute atomic E-state index is 0.136. The highest BCUT2D eigenvalue weighted by Gasteiger charge is 2.24. The predicted molar refractivity (Wildman–Crippen MR) is 64.6 cm³/mol. The fourth-order valence-electron chi connectivity index (χ4n) is 1.69. The Kier molecular flexibility index (Phi) is 3.66. The zero-order valence-electron chi connectivity index (χ0n) is 9.55. The second-order valence-electron chi connectivity index (χ2n) is 3.93. The van der Waals surface area contributed by atoms with Crippen LogP contribution in [0.2, 0.25) is 0 Å². The van der Waals surface area contributed by atoms with E-state index in [0.29, 0.717) is 12.0 Å². The molecular formula is C11H16N2O2S. The Hall–Kier alpha value is -0.810. The van der Waals surface area contributed by atoms with Crippen LogP contribution >= 0.6 is 11.8 Å². The number of rotatable bonds is 3. The van der Waals surface area contributed by atoms with Gasteiger partial charge in [0.2, 0.25) is 0 Å². The third-order valence-corrected chi connectivity index (χ3v) is 3.94. The first-order valence-electron chi connectivity index (χ1n) is 5.50. The van der Waals surface area contributed by atoms with E-state index < -0.39 is 0 Å². The molecule has 16 heavy (non-hydrogen) atoms. The van der Waals surface area contributed by atoms with Crippen LogP contribution in [0.3, 0.4) is 0 Å². The van der Waals surface area contributed by atoms with Gasteiger partial charge in [-0.05, 0) is 19.4 Å². The SMILES string of the molecule is CCC1OC(Cn2ccc(C)nc2=O)CS1. The summed E-state index contributed by atoms with van der Waals surface area (Å²) in [5, 5.41) is 0. The Labute approximate surface area is 99.0 Å². The molecular weight excluding hydrogens is 224 g/mol. The second kappa shape index (κ2) is 5.01. The van der Waals surface area contributed by atoms with Crippen molar-refractivity contribution in [2.75, 3.05) is 5.75 Å². The van der Waals surface area contributed by atoms with Crippen LogP contribution < -0.4 is 5.69 Å². The van der Waals surface area contributed by atoms with Gasteiger partial charge in [-0.15, -0.1) is 11.8 Å². The Morgan fingerprint density at radius 3 is 3.12 bits per heavy atom. The van der Waals surface area contributed by atoms with Crippen LogP contribution in [0.5, 0.6) is 0 Å². The van der Waals surface area contributed by atoms with Crippen molar-refractivity contribution >= 4 is 11.8 Å². The number of hydrogen-bond acceptors (Lipinski definition) is 4. The number of aryl methyl sites for hydroxylation is 1. The van der Waals surface area contributed by atoms with Gasteiger partial charge in [0, 0.05) is 17.6 Å². The monoisotopic (exact) mass is 240 g/mol. The van der Waals surface area contributed by atoms with Crippen LogP contribution in [-0.4, -0.2) is 26.8 Å². The topological polar surface area (TPSA) is 44.1 Å². The van der Waals surface area contributed by atoms with Gasteiger partial charge in [-0.1, -0.05) is 6.92 Å². The van der Waals surface area contributed by atoms with Gasteiger partial charge in [-0.3, -0.25) is 4.57 Å². The largest absolute Gasteiger partial charge is 0.362 e. The molecule has 0 bridgehead atoms. The minimum Gasteiger partial charge on any atom is -0.362 e. The van der Waals surface area contributed by atoms with E-state index in [2.05, 4.69) is 11.9 Å². The highest BCUT2D eigenvalue weighted by molar-refractivity contribution is 8.00. The van der Waals surface area contributed by atoms with Crippen LogP contribution in [0.15, 0.2) is 17.1 Å². The second-order valence-corrected chi connectivity index (χ2v) is 5.13. The quantitative estimate of drug-likeness (QED) is 0.801. The van der Waals surface area contributed by atoms with Crippen molar-refractivity contribution in [2.24, 2.45) is 0 Å². The summed E-state index contributed by atoms with van der Waals surface area (Å²) in [6.07, 6.45) is 2.94. The molecule has 1 aromatic heterocycles. The third-order valence-electron chi connectivity index (χ3n) is 2.56. The molecule has 0 amide bonds. The van der Waals surface area contributed by atoms with Crippen molar-refractivity contribution in [3.05, 3.63) is 28.4 Å². The summed E-state index contributed by atoms with van der Waals surface area (Å²) in [7, 11) is 0. The van der Waals surface area contributed by atoms with Crippen LogP contribution in [0, 0.1) is 6.92 Å². The number of nitrogens with zero attached hydrogens (tertiary/aromatic N) is 2. The van der Waals surface area contributed by atoms with E-state index in [1.807, 2.05) is 24.8 Å². The Morgan fingerprint density at radius 2 is 2.50 bits per heavy atom. The number of thioether (sulfide) groups is 1. The molecule has 2 unspecified atom stereocenters. The average Bonchev–Trinajstić information content (AvgIpc) is 2.70. The summed E-state index contributed by atoms with van der Waals surface area (Å²) in [5.41, 5.74) is 0.863. The summed E-state index contributed by atoms with van der Waals surface area (Å²) in [6, 6.07) is 1.85. The van der Waals surface area contributed by atoms with E-state index >= 15 is 0 Å². The smallest absolute Gasteiger partial charge is 0.347 e. The van der Waals surface area contributed by atoms with E-state index in [0.717, 1.165) is 17.9 Å². The highest BCUT2D eigenvalue weighted by atomic mass is 32.2. The van der Waals surface area contributed by atoms with Gasteiger partial charge in [-0.2, -0.15) is 4.98 Å². The fourth-order valence-corrected chi connectivity index (χ4v) is 2.77. The van der Waals surface area contributed by atoms with Crippen molar-refractivity contribution in [1.29, 1.82) is 0 Å². The summed E-state index contributed by atoms with van der Waals surface area (Å²) in [6.45, 7) is 4.54. The standard InChI is InChI=1S/C11H16N2O2S/c1-3-10-15-9(7-16-10)6-13-5-4-8(2)12-11(13)14/h4-5,9-10H,3,6-7H2,1-2H3. The summed E-state index contributed by atoms with van der Waals surface area (Å²) in [4.78, 5) is 15.5. The molecule has 1 aliphatic rings. The summed E-state index contributed by atoms with van der Waals surface area (Å²) in [5.74, 6) is 0.957. The number of aromatic nitrogens is 2. The normalized spacial score (nSPS) is 24.9. The van der Waals surface area contributed by atoms with Crippen LogP contribution in [-0.2, 0) is 11.3 Å². The molecule has 2 atom stereocenters. The maximum Gasteiger partial charge on any atom is 0.347 e. The molecule has 0 spiro atoms. The highest BCUT2D eigenvalue weighted by Crippen LogP contribution is 2.27. The lowest BCUT2D eigenvalue weighted by molar-refractivity contribution is 0.0531. The molecule has 5 heteroatoms. The van der Waals surface area contributed by atoms with Gasteiger partial charge in [0.1, 0.15) is 5.44 Å². The lowest BCUT2D eigenvalue weighted by Crippen LogP contribution is -2.29. The van der Waals surface area contributed by atoms with E-state index in [9.17, 15) is 4.79 Å². The Balaban J connectivity index is 2.02. The molecule has 2 heterocycles. The number of ether oxygens (including phenoxy) is 1. The van der Waals surface area contributed by atoms with Crippen molar-refractivity contribution in [3.8, 4) is 0 Å². The molecule has 0 saturated carbocycles. The molecule has 0 aliphatic carbocycles. The predicted octanol–water partition coefficient (Wildman–Crippen LogP) is 1.42. The molecule has 88 valence electrons. The maximum atomic E-state index is 11.6. The lowest BCUT2D eigenvalue weighted by Gasteiger charge is -2.12. The van der Waals surface area contributed by atoms with Gasteiger partial charge in [-0.25, -0.2) is 4.79 Å². The van der Waals surface area contributed by atoms with Crippen molar-refractivity contribution in [2.45, 2.75) is 38.4 Å². The van der Waals surface area contributed by atoms with Gasteiger partial charge >= 0.3 is 5.69 Å². The first-order valence-corrected chi connectivity index (χ1v) is 6.55. The fraction of sp³-hybridized carbons (Fsp3) is 0.636. The molecule has 1 fully saturated rings.